The second kappa shape index (κ2) is 4.19. The lowest BCUT2D eigenvalue weighted by Gasteiger charge is -1.98. The Labute approximate surface area is 80.8 Å². The molecule has 0 heterocycles. The van der Waals surface area contributed by atoms with E-state index in [0.717, 1.165) is 0 Å². The van der Waals surface area contributed by atoms with Gasteiger partial charge in [0.2, 0.25) is 0 Å². The van der Waals surface area contributed by atoms with E-state index in [9.17, 15) is 9.18 Å². The molecule has 3 heteroatoms. The highest BCUT2D eigenvalue weighted by atomic mass is 35.5. The summed E-state index contributed by atoms with van der Waals surface area (Å²) < 4.78 is 13.1. The first kappa shape index (κ1) is 9.93. The SMILES string of the molecule is CC(=O)C=Cc1c(F)cccc1Cl. The Morgan fingerprint density at radius 3 is 2.77 bits per heavy atom. The molecule has 13 heavy (non-hydrogen) atoms. The number of hydrogen-bond acceptors (Lipinski definition) is 1. The van der Waals surface area contributed by atoms with Gasteiger partial charge in [-0.3, -0.25) is 4.79 Å². The maximum atomic E-state index is 13.1. The Morgan fingerprint density at radius 1 is 1.54 bits per heavy atom. The van der Waals surface area contributed by atoms with Crippen LogP contribution in [0.1, 0.15) is 12.5 Å². The fourth-order valence-corrected chi connectivity index (χ4v) is 1.10. The normalized spacial score (nSPS) is 10.7. The molecule has 68 valence electrons. The third kappa shape index (κ3) is 2.67. The highest BCUT2D eigenvalue weighted by Crippen LogP contribution is 2.20. The number of allylic oxidation sites excluding steroid dienone is 1. The topological polar surface area (TPSA) is 17.1 Å². The molecule has 0 aromatic heterocycles. The minimum Gasteiger partial charge on any atom is -0.295 e. The van der Waals surface area contributed by atoms with Crippen molar-refractivity contribution in [1.82, 2.24) is 0 Å². The molecule has 0 N–H and O–H groups in total. The second-order valence-corrected chi connectivity index (χ2v) is 2.99. The van der Waals surface area contributed by atoms with Crippen LogP contribution in [-0.2, 0) is 4.79 Å². The minimum atomic E-state index is -0.426. The molecule has 1 rings (SSSR count). The third-order valence-electron chi connectivity index (χ3n) is 1.48. The number of carbonyl (C=O) groups is 1. The summed E-state index contributed by atoms with van der Waals surface area (Å²) in [4.78, 5) is 10.6. The Kier molecular flexibility index (Phi) is 3.20. The standard InChI is InChI=1S/C10H8ClFO/c1-7(13)5-6-8-9(11)3-2-4-10(8)12/h2-6H,1H3. The highest BCUT2D eigenvalue weighted by molar-refractivity contribution is 6.32. The third-order valence-corrected chi connectivity index (χ3v) is 1.81. The van der Waals surface area contributed by atoms with Crippen molar-refractivity contribution in [2.75, 3.05) is 0 Å². The minimum absolute atomic E-state index is 0.140. The molecule has 0 amide bonds. The lowest BCUT2D eigenvalue weighted by Crippen LogP contribution is -1.85. The molecule has 0 bridgehead atoms. The van der Waals surface area contributed by atoms with Crippen molar-refractivity contribution < 1.29 is 9.18 Å². The maximum absolute atomic E-state index is 13.1. The zero-order chi connectivity index (χ0) is 9.84. The summed E-state index contributed by atoms with van der Waals surface area (Å²) in [6.07, 6.45) is 2.66. The molecule has 0 atom stereocenters. The van der Waals surface area contributed by atoms with Gasteiger partial charge < -0.3 is 0 Å². The van der Waals surface area contributed by atoms with Crippen molar-refractivity contribution in [2.45, 2.75) is 6.92 Å². The number of hydrogen-bond donors (Lipinski definition) is 0. The van der Waals surface area contributed by atoms with E-state index in [2.05, 4.69) is 0 Å². The van der Waals surface area contributed by atoms with Crippen LogP contribution < -0.4 is 0 Å². The first-order chi connectivity index (χ1) is 6.11. The molecule has 0 aliphatic rings. The molecule has 1 nitrogen and oxygen atoms in total. The monoisotopic (exact) mass is 198 g/mol. The van der Waals surface area contributed by atoms with Gasteiger partial charge in [-0.2, -0.15) is 0 Å². The molecule has 0 aliphatic carbocycles. The number of ketones is 1. The Morgan fingerprint density at radius 2 is 2.23 bits per heavy atom. The van der Waals surface area contributed by atoms with E-state index < -0.39 is 5.82 Å². The van der Waals surface area contributed by atoms with E-state index in [0.29, 0.717) is 5.02 Å². The molecule has 0 unspecified atom stereocenters. The van der Waals surface area contributed by atoms with Crippen molar-refractivity contribution in [3.05, 3.63) is 40.7 Å². The van der Waals surface area contributed by atoms with E-state index in [-0.39, 0.29) is 11.3 Å². The van der Waals surface area contributed by atoms with Crippen LogP contribution in [0.25, 0.3) is 6.08 Å². The van der Waals surface area contributed by atoms with Gasteiger partial charge in [-0.05, 0) is 31.2 Å². The first-order valence-corrected chi connectivity index (χ1v) is 4.11. The zero-order valence-corrected chi connectivity index (χ0v) is 7.81. The van der Waals surface area contributed by atoms with Gasteiger partial charge in [-0.25, -0.2) is 4.39 Å². The summed E-state index contributed by atoms with van der Waals surface area (Å²) in [5.41, 5.74) is 0.249. The van der Waals surface area contributed by atoms with E-state index >= 15 is 0 Å². The van der Waals surface area contributed by atoms with Crippen molar-refractivity contribution in [3.8, 4) is 0 Å². The van der Waals surface area contributed by atoms with Crippen LogP contribution in [0.5, 0.6) is 0 Å². The summed E-state index contributed by atoms with van der Waals surface area (Å²) in [7, 11) is 0. The van der Waals surface area contributed by atoms with Crippen LogP contribution in [0.3, 0.4) is 0 Å². The van der Waals surface area contributed by atoms with Gasteiger partial charge in [0, 0.05) is 5.56 Å². The fourth-order valence-electron chi connectivity index (χ4n) is 0.871. The molecule has 0 saturated carbocycles. The highest BCUT2D eigenvalue weighted by Gasteiger charge is 2.02. The van der Waals surface area contributed by atoms with E-state index in [4.69, 9.17) is 11.6 Å². The molecule has 0 fully saturated rings. The predicted octanol–water partition coefficient (Wildman–Crippen LogP) is 3.08. The van der Waals surface area contributed by atoms with E-state index in [1.54, 1.807) is 6.07 Å². The van der Waals surface area contributed by atoms with Gasteiger partial charge in [-0.1, -0.05) is 17.7 Å². The summed E-state index contributed by atoms with van der Waals surface area (Å²) in [6, 6.07) is 4.39. The van der Waals surface area contributed by atoms with Gasteiger partial charge in [0.15, 0.2) is 5.78 Å². The van der Waals surface area contributed by atoms with E-state index in [1.165, 1.54) is 31.2 Å². The van der Waals surface area contributed by atoms with Crippen LogP contribution >= 0.6 is 11.6 Å². The Hall–Kier alpha value is -1.15. The summed E-state index contributed by atoms with van der Waals surface area (Å²) in [5.74, 6) is -0.565. The number of carbonyl (C=O) groups excluding carboxylic acids is 1. The van der Waals surface area contributed by atoms with Crippen molar-refractivity contribution in [1.29, 1.82) is 0 Å². The molecule has 0 spiro atoms. The van der Waals surface area contributed by atoms with Crippen molar-refractivity contribution >= 4 is 23.5 Å². The Balaban J connectivity index is 3.06. The number of benzene rings is 1. The number of halogens is 2. The van der Waals surface area contributed by atoms with Crippen LogP contribution in [-0.4, -0.2) is 5.78 Å². The predicted molar refractivity (Wildman–Crippen MR) is 51.1 cm³/mol. The lowest BCUT2D eigenvalue weighted by molar-refractivity contribution is -0.112. The quantitative estimate of drug-likeness (QED) is 0.668. The average molecular weight is 199 g/mol. The van der Waals surface area contributed by atoms with Gasteiger partial charge >= 0.3 is 0 Å². The van der Waals surface area contributed by atoms with Crippen LogP contribution in [0.4, 0.5) is 4.39 Å². The fraction of sp³-hybridized carbons (Fsp3) is 0.100. The second-order valence-electron chi connectivity index (χ2n) is 2.58. The van der Waals surface area contributed by atoms with Gasteiger partial charge in [0.05, 0.1) is 5.02 Å². The van der Waals surface area contributed by atoms with Gasteiger partial charge in [-0.15, -0.1) is 0 Å². The maximum Gasteiger partial charge on any atom is 0.152 e. The van der Waals surface area contributed by atoms with Crippen molar-refractivity contribution in [2.24, 2.45) is 0 Å². The molecule has 0 saturated heterocycles. The zero-order valence-electron chi connectivity index (χ0n) is 7.05. The summed E-state index contributed by atoms with van der Waals surface area (Å²) in [6.45, 7) is 1.39. The molecule has 1 aromatic carbocycles. The largest absolute Gasteiger partial charge is 0.295 e. The van der Waals surface area contributed by atoms with Crippen LogP contribution in [0, 0.1) is 5.82 Å². The van der Waals surface area contributed by atoms with Crippen LogP contribution in [0.2, 0.25) is 5.02 Å². The van der Waals surface area contributed by atoms with Gasteiger partial charge in [0.25, 0.3) is 0 Å². The molecule has 0 aliphatic heterocycles. The van der Waals surface area contributed by atoms with Crippen LogP contribution in [0.15, 0.2) is 24.3 Å². The van der Waals surface area contributed by atoms with E-state index in [1.807, 2.05) is 0 Å². The summed E-state index contributed by atoms with van der Waals surface area (Å²) >= 11 is 5.71. The number of rotatable bonds is 2. The summed E-state index contributed by atoms with van der Waals surface area (Å²) in [5, 5.41) is 0.303. The Bertz CT molecular complexity index is 338. The van der Waals surface area contributed by atoms with Crippen molar-refractivity contribution in [3.63, 3.8) is 0 Å². The lowest BCUT2D eigenvalue weighted by atomic mass is 10.2. The molecule has 1 aromatic rings. The first-order valence-electron chi connectivity index (χ1n) is 3.74. The molecular formula is C10H8ClFO. The average Bonchev–Trinajstić information content (AvgIpc) is 2.03. The smallest absolute Gasteiger partial charge is 0.152 e. The van der Waals surface area contributed by atoms with Gasteiger partial charge in [0.1, 0.15) is 5.82 Å². The molecular weight excluding hydrogens is 191 g/mol. The molecule has 0 radical (unpaired) electrons.